The molecule has 3 aromatic rings. The van der Waals surface area contributed by atoms with E-state index in [1.807, 2.05) is 0 Å². The number of carbonyl (C=O) groups is 2. The first-order valence-corrected chi connectivity index (χ1v) is 12.4. The molecule has 0 saturated carbocycles. The molecule has 0 saturated heterocycles. The largest absolute Gasteiger partial charge is 0.480 e. The Balaban J connectivity index is 0.000000297. The second-order valence-electron chi connectivity index (χ2n) is 7.45. The van der Waals surface area contributed by atoms with Gasteiger partial charge in [-0.15, -0.1) is 0 Å². The van der Waals surface area contributed by atoms with E-state index in [2.05, 4.69) is 9.71 Å². The Morgan fingerprint density at radius 1 is 0.917 bits per heavy atom. The number of aromatic nitrogens is 1. The molecule has 0 aliphatic heterocycles. The molecule has 0 bridgehead atoms. The number of benzene rings is 2. The van der Waals surface area contributed by atoms with Crippen LogP contribution in [0, 0.1) is 5.82 Å². The van der Waals surface area contributed by atoms with Crippen molar-refractivity contribution in [2.24, 2.45) is 5.73 Å². The predicted molar refractivity (Wildman–Crippen MR) is 132 cm³/mol. The maximum atomic E-state index is 12.4. The van der Waals surface area contributed by atoms with Crippen molar-refractivity contribution in [2.75, 3.05) is 0 Å². The highest BCUT2D eigenvalue weighted by Crippen LogP contribution is 2.22. The Kier molecular flexibility index (Phi) is 10.8. The topological polar surface area (TPSA) is 160 Å². The van der Waals surface area contributed by atoms with Crippen molar-refractivity contribution in [1.82, 2.24) is 9.71 Å². The Labute approximate surface area is 216 Å². The van der Waals surface area contributed by atoms with Crippen LogP contribution in [0.25, 0.3) is 0 Å². The van der Waals surface area contributed by atoms with Crippen molar-refractivity contribution >= 4 is 45.2 Å². The highest BCUT2D eigenvalue weighted by Gasteiger charge is 2.26. The molecular formula is C23H22Cl2FN3O6S. The summed E-state index contributed by atoms with van der Waals surface area (Å²) >= 11 is 11.6. The van der Waals surface area contributed by atoms with E-state index in [4.69, 9.17) is 34.0 Å². The number of carboxylic acids is 2. The van der Waals surface area contributed by atoms with Crippen molar-refractivity contribution in [3.05, 3.63) is 94.0 Å². The highest BCUT2D eigenvalue weighted by molar-refractivity contribution is 7.89. The van der Waals surface area contributed by atoms with Crippen molar-refractivity contribution in [3.8, 4) is 0 Å². The quantitative estimate of drug-likeness (QED) is 0.312. The molecule has 0 aliphatic rings. The third kappa shape index (κ3) is 9.51. The number of carboxylic acid groups (broad SMARTS) is 2. The van der Waals surface area contributed by atoms with Gasteiger partial charge in [0.25, 0.3) is 0 Å². The standard InChI is InChI=1S/C14H12Cl2N2O4S.C9H10FNO2/c15-10-6-11(16)8-12(7-10)23(21,22)18-13(14(19)20)5-9-1-3-17-4-2-9;10-7-3-1-6(2-4-7)5-8(11)9(12)13/h1-4,6-8,13,18H,5H2,(H,19,20);1-4,8H,5,11H2,(H,12,13)/t13-;8-/m00/s1. The summed E-state index contributed by atoms with van der Waals surface area (Å²) in [6.07, 6.45) is 3.19. The van der Waals surface area contributed by atoms with E-state index in [-0.39, 0.29) is 33.6 Å². The summed E-state index contributed by atoms with van der Waals surface area (Å²) in [5, 5.41) is 18.0. The fraction of sp³-hybridized carbons (Fsp3) is 0.174. The Morgan fingerprint density at radius 3 is 1.94 bits per heavy atom. The summed E-state index contributed by atoms with van der Waals surface area (Å²) in [6.45, 7) is 0. The molecule has 0 unspecified atom stereocenters. The smallest absolute Gasteiger partial charge is 0.322 e. The van der Waals surface area contributed by atoms with Crippen LogP contribution >= 0.6 is 23.2 Å². The average molecular weight is 558 g/mol. The van der Waals surface area contributed by atoms with Gasteiger partial charge < -0.3 is 15.9 Å². The summed E-state index contributed by atoms with van der Waals surface area (Å²) in [5.41, 5.74) is 6.65. The molecule has 0 fully saturated rings. The number of aliphatic carboxylic acids is 2. The van der Waals surface area contributed by atoms with Crippen LogP contribution in [0.3, 0.4) is 0 Å². The summed E-state index contributed by atoms with van der Waals surface area (Å²) in [7, 11) is -4.08. The van der Waals surface area contributed by atoms with Crippen molar-refractivity contribution in [1.29, 1.82) is 0 Å². The van der Waals surface area contributed by atoms with Gasteiger partial charge in [0.1, 0.15) is 17.9 Å². The van der Waals surface area contributed by atoms with Crippen LogP contribution in [0.1, 0.15) is 11.1 Å². The molecule has 9 nitrogen and oxygen atoms in total. The molecule has 3 rings (SSSR count). The third-order valence-corrected chi connectivity index (χ3v) is 6.50. The number of nitrogens with zero attached hydrogens (tertiary/aromatic N) is 1. The molecule has 36 heavy (non-hydrogen) atoms. The molecule has 2 aromatic carbocycles. The number of hydrogen-bond donors (Lipinski definition) is 4. The monoisotopic (exact) mass is 557 g/mol. The lowest BCUT2D eigenvalue weighted by atomic mass is 10.1. The lowest BCUT2D eigenvalue weighted by Crippen LogP contribution is -2.42. The predicted octanol–water partition coefficient (Wildman–Crippen LogP) is 3.14. The number of hydrogen-bond acceptors (Lipinski definition) is 6. The van der Waals surface area contributed by atoms with Gasteiger partial charge in [0, 0.05) is 22.4 Å². The summed E-state index contributed by atoms with van der Waals surface area (Å²) in [6, 6.07) is 10.4. The lowest BCUT2D eigenvalue weighted by Gasteiger charge is -2.15. The fourth-order valence-electron chi connectivity index (χ4n) is 2.83. The van der Waals surface area contributed by atoms with Gasteiger partial charge in [-0.3, -0.25) is 14.6 Å². The first-order chi connectivity index (χ1) is 16.9. The van der Waals surface area contributed by atoms with Crippen LogP contribution in [0.5, 0.6) is 0 Å². The summed E-state index contributed by atoms with van der Waals surface area (Å²) in [5.74, 6) is -2.68. The van der Waals surface area contributed by atoms with E-state index in [0.29, 0.717) is 5.56 Å². The van der Waals surface area contributed by atoms with E-state index in [0.717, 1.165) is 5.56 Å². The number of rotatable bonds is 9. The van der Waals surface area contributed by atoms with E-state index in [9.17, 15) is 27.5 Å². The fourth-order valence-corrected chi connectivity index (χ4v) is 4.75. The lowest BCUT2D eigenvalue weighted by molar-refractivity contribution is -0.139. The second kappa shape index (κ2) is 13.3. The summed E-state index contributed by atoms with van der Waals surface area (Å²) < 4.78 is 39.3. The van der Waals surface area contributed by atoms with Gasteiger partial charge in [-0.1, -0.05) is 35.3 Å². The number of pyridine rings is 1. The van der Waals surface area contributed by atoms with Crippen LogP contribution in [-0.4, -0.2) is 47.6 Å². The maximum Gasteiger partial charge on any atom is 0.322 e. The van der Waals surface area contributed by atoms with Crippen LogP contribution in [0.4, 0.5) is 4.39 Å². The molecule has 192 valence electrons. The minimum atomic E-state index is -4.08. The van der Waals surface area contributed by atoms with E-state index in [1.165, 1.54) is 54.9 Å². The number of sulfonamides is 1. The minimum absolute atomic E-state index is 0.0224. The van der Waals surface area contributed by atoms with Crippen molar-refractivity contribution < 1.29 is 32.6 Å². The van der Waals surface area contributed by atoms with Crippen LogP contribution in [0.15, 0.2) is 71.9 Å². The Hall–Kier alpha value is -3.09. The van der Waals surface area contributed by atoms with Crippen molar-refractivity contribution in [3.63, 3.8) is 0 Å². The molecule has 13 heteroatoms. The number of nitrogens with one attached hydrogen (secondary N) is 1. The minimum Gasteiger partial charge on any atom is -0.480 e. The molecule has 2 atom stereocenters. The summed E-state index contributed by atoms with van der Waals surface area (Å²) in [4.78, 5) is 25.3. The van der Waals surface area contributed by atoms with Gasteiger partial charge in [-0.05, 0) is 66.4 Å². The van der Waals surface area contributed by atoms with E-state index in [1.54, 1.807) is 12.1 Å². The van der Waals surface area contributed by atoms with Gasteiger partial charge in [-0.2, -0.15) is 4.72 Å². The first-order valence-electron chi connectivity index (χ1n) is 10.2. The van der Waals surface area contributed by atoms with Gasteiger partial charge >= 0.3 is 11.9 Å². The van der Waals surface area contributed by atoms with Gasteiger partial charge in [-0.25, -0.2) is 12.8 Å². The molecule has 1 aromatic heterocycles. The SMILES string of the molecule is N[C@@H](Cc1ccc(F)cc1)C(=O)O.O=C(O)[C@H](Cc1ccncc1)NS(=O)(=O)c1cc(Cl)cc(Cl)c1. The van der Waals surface area contributed by atoms with Gasteiger partial charge in [0.15, 0.2) is 0 Å². The average Bonchev–Trinajstić information content (AvgIpc) is 2.80. The molecule has 0 radical (unpaired) electrons. The van der Waals surface area contributed by atoms with Gasteiger partial charge in [0.2, 0.25) is 10.0 Å². The number of halogens is 3. The van der Waals surface area contributed by atoms with Crippen LogP contribution in [0.2, 0.25) is 10.0 Å². The second-order valence-corrected chi connectivity index (χ2v) is 10.0. The first kappa shape index (κ1) is 29.1. The molecule has 1 heterocycles. The van der Waals surface area contributed by atoms with Gasteiger partial charge in [0.05, 0.1) is 4.90 Å². The third-order valence-electron chi connectivity index (χ3n) is 4.62. The molecular weight excluding hydrogens is 536 g/mol. The molecule has 0 spiro atoms. The maximum absolute atomic E-state index is 12.4. The Bertz CT molecular complexity index is 1270. The number of nitrogens with two attached hydrogens (primary N) is 1. The Morgan fingerprint density at radius 2 is 1.44 bits per heavy atom. The molecule has 0 amide bonds. The highest BCUT2D eigenvalue weighted by atomic mass is 35.5. The zero-order chi connectivity index (χ0) is 26.9. The van der Waals surface area contributed by atoms with E-state index >= 15 is 0 Å². The molecule has 5 N–H and O–H groups in total. The molecule has 0 aliphatic carbocycles. The zero-order valence-corrected chi connectivity index (χ0v) is 20.8. The zero-order valence-electron chi connectivity index (χ0n) is 18.5. The van der Waals surface area contributed by atoms with Crippen molar-refractivity contribution in [2.45, 2.75) is 29.8 Å². The van der Waals surface area contributed by atoms with E-state index < -0.39 is 34.0 Å². The van der Waals surface area contributed by atoms with Crippen LogP contribution < -0.4 is 10.5 Å². The normalized spacial score (nSPS) is 12.7. The van der Waals surface area contributed by atoms with Crippen LogP contribution in [-0.2, 0) is 32.5 Å².